The molecule has 0 aromatic rings. The summed E-state index contributed by atoms with van der Waals surface area (Å²) in [6, 6.07) is 0. The second-order valence-electron chi connectivity index (χ2n) is 6.21. The molecule has 4 unspecified atom stereocenters. The van der Waals surface area contributed by atoms with Gasteiger partial charge in [0, 0.05) is 5.75 Å². The van der Waals surface area contributed by atoms with Crippen LogP contribution in [0.25, 0.3) is 0 Å². The van der Waals surface area contributed by atoms with Gasteiger partial charge in [-0.15, -0.1) is 0 Å². The van der Waals surface area contributed by atoms with Gasteiger partial charge < -0.3 is 23.6 Å². The first-order valence-electron chi connectivity index (χ1n) is 8.46. The zero-order chi connectivity index (χ0) is 20.8. The van der Waals surface area contributed by atoms with E-state index < -0.39 is 63.6 Å². The third-order valence-corrected chi connectivity index (χ3v) is 7.00. The maximum Gasteiger partial charge on any atom is 0.640 e. The summed E-state index contributed by atoms with van der Waals surface area (Å²) in [5.74, 6) is -0.769. The lowest BCUT2D eigenvalue weighted by molar-refractivity contribution is -0.0290. The SMILES string of the molecule is O=S([O-])CCC(CO)OB(OC1CCS(=O)(=O)OC1)OC1CCS(=O)(=O)OC1. The van der Waals surface area contributed by atoms with Crippen LogP contribution < -0.4 is 0 Å². The molecule has 2 heterocycles. The molecule has 2 aliphatic rings. The highest BCUT2D eigenvalue weighted by Crippen LogP contribution is 2.19. The Kier molecular flexibility index (Phi) is 9.25. The molecule has 0 aliphatic carbocycles. The van der Waals surface area contributed by atoms with E-state index >= 15 is 0 Å². The van der Waals surface area contributed by atoms with E-state index in [0.29, 0.717) is 0 Å². The van der Waals surface area contributed by atoms with Crippen molar-refractivity contribution in [1.29, 1.82) is 0 Å². The van der Waals surface area contributed by atoms with Crippen LogP contribution in [0.15, 0.2) is 0 Å². The highest BCUT2D eigenvalue weighted by Gasteiger charge is 2.37. The van der Waals surface area contributed by atoms with Crippen molar-refractivity contribution in [2.75, 3.05) is 37.1 Å². The van der Waals surface area contributed by atoms with E-state index in [0.717, 1.165) is 0 Å². The fourth-order valence-corrected chi connectivity index (χ4v) is 4.92. The summed E-state index contributed by atoms with van der Waals surface area (Å²) in [6.07, 6.45) is -2.08. The van der Waals surface area contributed by atoms with E-state index in [9.17, 15) is 30.7 Å². The Morgan fingerprint density at radius 3 is 1.93 bits per heavy atom. The lowest BCUT2D eigenvalue weighted by Crippen LogP contribution is -2.45. The summed E-state index contributed by atoms with van der Waals surface area (Å²) < 4.78 is 92.8. The minimum absolute atomic E-state index is 0.0269. The van der Waals surface area contributed by atoms with Gasteiger partial charge in [-0.25, -0.2) is 0 Å². The van der Waals surface area contributed by atoms with Crippen LogP contribution in [0.4, 0.5) is 0 Å². The van der Waals surface area contributed by atoms with Gasteiger partial charge in [0.05, 0.1) is 49.6 Å². The van der Waals surface area contributed by atoms with Crippen LogP contribution in [0.5, 0.6) is 0 Å². The molecule has 28 heavy (non-hydrogen) atoms. The summed E-state index contributed by atoms with van der Waals surface area (Å²) in [4.78, 5) is 0. The maximum absolute atomic E-state index is 11.3. The molecule has 0 radical (unpaired) electrons. The molecule has 4 atom stereocenters. The van der Waals surface area contributed by atoms with Crippen LogP contribution >= 0.6 is 0 Å². The predicted octanol–water partition coefficient (Wildman–Crippen LogP) is -2.11. The second-order valence-corrected chi connectivity index (χ2v) is 10.7. The van der Waals surface area contributed by atoms with Crippen molar-refractivity contribution in [2.45, 2.75) is 37.6 Å². The third-order valence-electron chi connectivity index (χ3n) is 3.97. The number of aliphatic hydroxyl groups excluding tert-OH is 1. The van der Waals surface area contributed by atoms with Crippen molar-refractivity contribution >= 4 is 38.6 Å². The van der Waals surface area contributed by atoms with Gasteiger partial charge in [-0.3, -0.25) is 12.6 Å². The number of rotatable bonds is 10. The molecule has 2 saturated heterocycles. The smallest absolute Gasteiger partial charge is 0.640 e. The number of hydrogen-bond donors (Lipinski definition) is 1. The van der Waals surface area contributed by atoms with Gasteiger partial charge in [-0.05, 0) is 19.3 Å². The van der Waals surface area contributed by atoms with Gasteiger partial charge in [0.15, 0.2) is 0 Å². The minimum atomic E-state index is -3.59. The van der Waals surface area contributed by atoms with Crippen molar-refractivity contribution in [2.24, 2.45) is 0 Å². The molecule has 1 N–H and O–H groups in total. The Morgan fingerprint density at radius 1 is 1.07 bits per heavy atom. The van der Waals surface area contributed by atoms with Crippen molar-refractivity contribution < 1.29 is 53.0 Å². The molecule has 12 nitrogen and oxygen atoms in total. The van der Waals surface area contributed by atoms with Crippen molar-refractivity contribution in [3.63, 3.8) is 0 Å². The summed E-state index contributed by atoms with van der Waals surface area (Å²) in [7, 11) is -8.59. The molecule has 16 heteroatoms. The molecule has 0 amide bonds. The normalized spacial score (nSPS) is 29.1. The monoisotopic (exact) mass is 465 g/mol. The predicted molar refractivity (Wildman–Crippen MR) is 94.6 cm³/mol. The lowest BCUT2D eigenvalue weighted by Gasteiger charge is -2.30. The number of hydrogen-bond acceptors (Lipinski definition) is 12. The van der Waals surface area contributed by atoms with Gasteiger partial charge in [-0.2, -0.15) is 16.8 Å². The molecule has 2 fully saturated rings. The summed E-state index contributed by atoms with van der Waals surface area (Å²) >= 11 is -2.33. The zero-order valence-electron chi connectivity index (χ0n) is 14.8. The largest absolute Gasteiger partial charge is 0.772 e. The van der Waals surface area contributed by atoms with Crippen LogP contribution in [0.3, 0.4) is 0 Å². The Bertz CT molecular complexity index is 650. The Morgan fingerprint density at radius 2 is 1.57 bits per heavy atom. The highest BCUT2D eigenvalue weighted by atomic mass is 32.2. The van der Waals surface area contributed by atoms with Gasteiger partial charge in [0.1, 0.15) is 0 Å². The molecule has 0 saturated carbocycles. The quantitative estimate of drug-likeness (QED) is 0.211. The van der Waals surface area contributed by atoms with Gasteiger partial charge in [0.2, 0.25) is 0 Å². The van der Waals surface area contributed by atoms with Crippen LogP contribution in [0.1, 0.15) is 19.3 Å². The van der Waals surface area contributed by atoms with Crippen LogP contribution in [-0.4, -0.2) is 93.4 Å². The fraction of sp³-hybridized carbons (Fsp3) is 1.00. The highest BCUT2D eigenvalue weighted by molar-refractivity contribution is 7.87. The van der Waals surface area contributed by atoms with E-state index in [1.54, 1.807) is 0 Å². The first kappa shape index (κ1) is 24.1. The lowest BCUT2D eigenvalue weighted by atomic mass is 10.1. The van der Waals surface area contributed by atoms with E-state index in [1.165, 1.54) is 0 Å². The van der Waals surface area contributed by atoms with E-state index in [1.807, 2.05) is 0 Å². The first-order valence-corrected chi connectivity index (χ1v) is 12.9. The average molecular weight is 465 g/mol. The molecule has 164 valence electrons. The Hall–Kier alpha value is -0.165. The zero-order valence-corrected chi connectivity index (χ0v) is 17.3. The van der Waals surface area contributed by atoms with Gasteiger partial charge in [-0.1, -0.05) is 11.1 Å². The van der Waals surface area contributed by atoms with E-state index in [2.05, 4.69) is 0 Å². The fourth-order valence-electron chi connectivity index (χ4n) is 2.41. The van der Waals surface area contributed by atoms with Gasteiger partial charge >= 0.3 is 7.32 Å². The molecular weight excluding hydrogens is 443 g/mol. The first-order chi connectivity index (χ1) is 13.1. The second kappa shape index (κ2) is 10.7. The van der Waals surface area contributed by atoms with Crippen LogP contribution in [-0.2, 0) is 53.6 Å². The van der Waals surface area contributed by atoms with E-state index in [4.69, 9.17) is 22.3 Å². The molecule has 2 rings (SSSR count). The number of aliphatic hydroxyl groups is 1. The molecule has 0 bridgehead atoms. The summed E-state index contributed by atoms with van der Waals surface area (Å²) in [6.45, 7) is -1.02. The maximum atomic E-state index is 11.3. The van der Waals surface area contributed by atoms with E-state index in [-0.39, 0.29) is 49.7 Å². The molecule has 0 aromatic carbocycles. The van der Waals surface area contributed by atoms with Crippen LogP contribution in [0.2, 0.25) is 0 Å². The summed E-state index contributed by atoms with van der Waals surface area (Å²) in [5.41, 5.74) is 0. The average Bonchev–Trinajstić information content (AvgIpc) is 2.61. The van der Waals surface area contributed by atoms with Crippen molar-refractivity contribution in [3.8, 4) is 0 Å². The Labute approximate surface area is 166 Å². The molecule has 0 aromatic heterocycles. The van der Waals surface area contributed by atoms with Crippen LogP contribution in [0, 0.1) is 0 Å². The Balaban J connectivity index is 1.96. The third kappa shape index (κ3) is 8.68. The topological polar surface area (TPSA) is 175 Å². The summed E-state index contributed by atoms with van der Waals surface area (Å²) in [5, 5.41) is 9.39. The van der Waals surface area contributed by atoms with Crippen molar-refractivity contribution in [3.05, 3.63) is 0 Å². The molecule has 2 aliphatic heterocycles. The van der Waals surface area contributed by atoms with Gasteiger partial charge in [0.25, 0.3) is 20.2 Å². The standard InChI is InChI=1S/C12H23BO12S3/c14-7-10(1-4-26(15)16)23-13(24-11-2-5-27(17,18)21-8-11)25-12-3-6-28(19,20)22-9-12/h10-12,14H,1-9H2,(H,15,16)/p-1. The van der Waals surface area contributed by atoms with Crippen molar-refractivity contribution in [1.82, 2.24) is 0 Å². The minimum Gasteiger partial charge on any atom is -0.772 e. The molecular formula is C12H22BO12S3-. The molecule has 0 spiro atoms.